The van der Waals surface area contributed by atoms with E-state index in [2.05, 4.69) is 0 Å². The van der Waals surface area contributed by atoms with Gasteiger partial charge in [-0.05, 0) is 20.8 Å². The quantitative estimate of drug-likeness (QED) is 0.375. The van der Waals surface area contributed by atoms with Crippen molar-refractivity contribution < 1.29 is 17.5 Å². The average molecular weight is 205 g/mol. The molecule has 0 rings (SSSR count). The Bertz CT molecular complexity index is 157. The van der Waals surface area contributed by atoms with Gasteiger partial charge < -0.3 is 27.1 Å². The molecule has 8 heteroatoms. The van der Waals surface area contributed by atoms with Gasteiger partial charge in [-0.25, -0.2) is 0 Å². The summed E-state index contributed by atoms with van der Waals surface area (Å²) in [5, 5.41) is 0. The second-order valence-corrected chi connectivity index (χ2v) is 3.59. The van der Waals surface area contributed by atoms with Crippen LogP contribution in [-0.4, -0.2) is 23.1 Å². The third kappa shape index (κ3) is 11900. The molecule has 0 aromatic rings. The van der Waals surface area contributed by atoms with Gasteiger partial charge in [-0.1, -0.05) is 0 Å². The minimum Gasteiger partial charge on any atom is -0.759 e. The molecule has 0 fully saturated rings. The van der Waals surface area contributed by atoms with E-state index in [1.54, 1.807) is 0 Å². The second kappa shape index (κ2) is 7.40. The molecule has 12 heavy (non-hydrogen) atoms. The molecule has 0 saturated heterocycles. The molecular formula is C4H19N3O4S. The molecule has 10 N–H and O–H groups in total. The summed E-state index contributed by atoms with van der Waals surface area (Å²) in [5.41, 5.74) is 5.35. The first-order chi connectivity index (χ1) is 4.00. The fraction of sp³-hybridized carbons (Fsp3) is 1.00. The molecule has 0 aliphatic heterocycles. The van der Waals surface area contributed by atoms with Gasteiger partial charge in [0.1, 0.15) is 0 Å². The summed E-state index contributed by atoms with van der Waals surface area (Å²) in [4.78, 5) is 0. The predicted molar refractivity (Wildman–Crippen MR) is 46.4 cm³/mol. The minimum atomic E-state index is -5.17. The van der Waals surface area contributed by atoms with Gasteiger partial charge in [-0.2, -0.15) is 0 Å². The highest BCUT2D eigenvalue weighted by Gasteiger charge is 1.95. The highest BCUT2D eigenvalue weighted by Crippen LogP contribution is 1.88. The van der Waals surface area contributed by atoms with Crippen molar-refractivity contribution in [3.05, 3.63) is 0 Å². The van der Waals surface area contributed by atoms with Crippen LogP contribution in [-0.2, 0) is 10.4 Å². The minimum absolute atomic E-state index is 0. The fourth-order valence-corrected chi connectivity index (χ4v) is 0. The van der Waals surface area contributed by atoms with Crippen molar-refractivity contribution in [1.29, 1.82) is 0 Å². The van der Waals surface area contributed by atoms with Gasteiger partial charge in [-0.3, -0.25) is 8.42 Å². The first kappa shape index (κ1) is 22.6. The molecule has 0 amide bonds. The van der Waals surface area contributed by atoms with Crippen LogP contribution in [0.3, 0.4) is 0 Å². The van der Waals surface area contributed by atoms with Gasteiger partial charge in [-0.15, -0.1) is 0 Å². The number of nitrogens with two attached hydrogens (primary N) is 1. The summed E-state index contributed by atoms with van der Waals surface area (Å²) >= 11 is 0. The average Bonchev–Trinajstić information content (AvgIpc) is 1.12. The molecule has 0 aliphatic rings. The fourth-order valence-electron chi connectivity index (χ4n) is 0. The van der Waals surface area contributed by atoms with E-state index in [0.717, 1.165) is 0 Å². The smallest absolute Gasteiger partial charge is 0.0311 e. The summed E-state index contributed by atoms with van der Waals surface area (Å²) < 4.78 is 34.1. The van der Waals surface area contributed by atoms with E-state index in [0.29, 0.717) is 0 Å². The highest BCUT2D eigenvalue weighted by molar-refractivity contribution is 7.79. The molecule has 80 valence electrons. The normalized spacial score (nSPS) is 9.83. The Morgan fingerprint density at radius 3 is 1.08 bits per heavy atom. The van der Waals surface area contributed by atoms with E-state index in [-0.39, 0.29) is 17.8 Å². The van der Waals surface area contributed by atoms with Gasteiger partial charge in [0, 0.05) is 15.9 Å². The third-order valence-corrected chi connectivity index (χ3v) is 0. The Labute approximate surface area is 73.1 Å². The van der Waals surface area contributed by atoms with E-state index in [1.165, 1.54) is 0 Å². The summed E-state index contributed by atoms with van der Waals surface area (Å²) in [6.45, 7) is 5.90. The Morgan fingerprint density at radius 1 is 1.08 bits per heavy atom. The molecule has 0 heterocycles. The molecule has 0 radical (unpaired) electrons. The van der Waals surface area contributed by atoms with E-state index in [9.17, 15) is 0 Å². The van der Waals surface area contributed by atoms with Gasteiger partial charge in [0.25, 0.3) is 0 Å². The van der Waals surface area contributed by atoms with E-state index in [1.807, 2.05) is 20.8 Å². The van der Waals surface area contributed by atoms with Crippen LogP contribution in [0.1, 0.15) is 20.8 Å². The van der Waals surface area contributed by atoms with Gasteiger partial charge in [0.2, 0.25) is 0 Å². The molecule has 0 atom stereocenters. The Hall–Kier alpha value is -0.250. The molecule has 0 spiro atoms. The first-order valence-corrected chi connectivity index (χ1v) is 3.79. The highest BCUT2D eigenvalue weighted by atomic mass is 32.3. The lowest BCUT2D eigenvalue weighted by molar-refractivity contribution is 0.352. The topological polar surface area (TPSA) is 179 Å². The number of quaternary nitrogens is 2. The van der Waals surface area contributed by atoms with Crippen LogP contribution in [0.4, 0.5) is 0 Å². The summed E-state index contributed by atoms with van der Waals surface area (Å²) in [7, 11) is -5.17. The van der Waals surface area contributed by atoms with Crippen molar-refractivity contribution >= 4 is 10.4 Å². The Balaban J connectivity index is -0.0000000457. The number of hydrogen-bond acceptors (Lipinski definition) is 5. The van der Waals surface area contributed by atoms with Crippen LogP contribution in [0.25, 0.3) is 0 Å². The van der Waals surface area contributed by atoms with Crippen molar-refractivity contribution in [1.82, 2.24) is 12.3 Å². The van der Waals surface area contributed by atoms with Crippen LogP contribution in [0.5, 0.6) is 0 Å². The molecule has 0 aromatic heterocycles. The van der Waals surface area contributed by atoms with Crippen molar-refractivity contribution in [2.45, 2.75) is 26.3 Å². The van der Waals surface area contributed by atoms with Gasteiger partial charge >= 0.3 is 0 Å². The van der Waals surface area contributed by atoms with E-state index < -0.39 is 10.4 Å². The molecular weight excluding hydrogens is 186 g/mol. The van der Waals surface area contributed by atoms with Crippen LogP contribution in [0.2, 0.25) is 0 Å². The summed E-state index contributed by atoms with van der Waals surface area (Å²) in [5.74, 6) is 0. The monoisotopic (exact) mass is 205 g/mol. The number of hydrogen-bond donors (Lipinski definition) is 3. The Morgan fingerprint density at radius 2 is 1.08 bits per heavy atom. The third-order valence-electron chi connectivity index (χ3n) is 0. The zero-order valence-electron chi connectivity index (χ0n) is 8.12. The summed E-state index contributed by atoms with van der Waals surface area (Å²) in [6, 6.07) is 0. The van der Waals surface area contributed by atoms with E-state index in [4.69, 9.17) is 23.3 Å². The van der Waals surface area contributed by atoms with Crippen LogP contribution < -0.4 is 18.0 Å². The Kier molecular flexibility index (Phi) is 13.9. The summed E-state index contributed by atoms with van der Waals surface area (Å²) in [6.07, 6.45) is 0. The number of rotatable bonds is 0. The molecule has 0 unspecified atom stereocenters. The lowest BCUT2D eigenvalue weighted by Crippen LogP contribution is -2.26. The van der Waals surface area contributed by atoms with Crippen molar-refractivity contribution in [3.63, 3.8) is 0 Å². The lowest BCUT2D eigenvalue weighted by Gasteiger charge is -2.06. The van der Waals surface area contributed by atoms with Crippen LogP contribution in [0, 0.1) is 0 Å². The predicted octanol–water partition coefficient (Wildman–Crippen LogP) is 0.158. The van der Waals surface area contributed by atoms with Gasteiger partial charge in [0.15, 0.2) is 0 Å². The molecule has 0 bridgehead atoms. The molecule has 0 aromatic carbocycles. The van der Waals surface area contributed by atoms with E-state index >= 15 is 0 Å². The maximum Gasteiger partial charge on any atom is 0.0311 e. The SMILES string of the molecule is CC(C)(C)N.O=S(=O)([O-])[O-].[NH4+].[NH4+]. The largest absolute Gasteiger partial charge is 0.759 e. The van der Waals surface area contributed by atoms with Crippen molar-refractivity contribution in [2.24, 2.45) is 5.73 Å². The standard InChI is InChI=1S/C4H11N.2H3N.H2O4S/c1-4(2,3)5;;;1-5(2,3)4/h5H2,1-3H3;2*1H3;(H2,1,2,3,4). The zero-order valence-corrected chi connectivity index (χ0v) is 8.94. The molecule has 0 aliphatic carbocycles. The zero-order chi connectivity index (χ0) is 9.00. The maximum absolute atomic E-state index is 8.52. The lowest BCUT2D eigenvalue weighted by atomic mass is 10.1. The van der Waals surface area contributed by atoms with Crippen LogP contribution in [0.15, 0.2) is 0 Å². The van der Waals surface area contributed by atoms with Crippen molar-refractivity contribution in [3.8, 4) is 0 Å². The van der Waals surface area contributed by atoms with Gasteiger partial charge in [0.05, 0.1) is 0 Å². The van der Waals surface area contributed by atoms with Crippen molar-refractivity contribution in [2.75, 3.05) is 0 Å². The second-order valence-electron chi connectivity index (χ2n) is 2.77. The van der Waals surface area contributed by atoms with Crippen LogP contribution >= 0.6 is 0 Å². The molecule has 0 saturated carbocycles. The molecule has 7 nitrogen and oxygen atoms in total. The first-order valence-electron chi connectivity index (χ1n) is 2.46. The maximum atomic E-state index is 8.52.